The summed E-state index contributed by atoms with van der Waals surface area (Å²) in [5.74, 6) is 1.88. The number of methoxy groups -OCH3 is 1. The average molecular weight is 374 g/mol. The van der Waals surface area contributed by atoms with Crippen molar-refractivity contribution in [3.8, 4) is 11.9 Å². The lowest BCUT2D eigenvalue weighted by Gasteiger charge is -2.34. The first-order valence-electron chi connectivity index (χ1n) is 9.39. The summed E-state index contributed by atoms with van der Waals surface area (Å²) in [4.78, 5) is 15.4. The Morgan fingerprint density at radius 3 is 2.68 bits per heavy atom. The molecule has 0 unspecified atom stereocenters. The molecule has 0 spiro atoms. The van der Waals surface area contributed by atoms with Crippen LogP contribution in [0.25, 0.3) is 0 Å². The SMILES string of the molecule is COc1nccc(N2CCC(c3nccn3Cc3ccccn3)CC2)c1C#N. The van der Waals surface area contributed by atoms with E-state index in [-0.39, 0.29) is 0 Å². The van der Waals surface area contributed by atoms with Gasteiger partial charge in [-0.2, -0.15) is 5.26 Å². The highest BCUT2D eigenvalue weighted by atomic mass is 16.5. The van der Waals surface area contributed by atoms with E-state index in [1.165, 1.54) is 0 Å². The number of piperidine rings is 1. The molecule has 7 nitrogen and oxygen atoms in total. The van der Waals surface area contributed by atoms with Gasteiger partial charge in [0.05, 0.1) is 25.0 Å². The first kappa shape index (κ1) is 18.0. The molecule has 1 aliphatic heterocycles. The maximum absolute atomic E-state index is 9.52. The normalized spacial score (nSPS) is 14.6. The van der Waals surface area contributed by atoms with E-state index >= 15 is 0 Å². The molecule has 0 saturated carbocycles. The summed E-state index contributed by atoms with van der Waals surface area (Å²) < 4.78 is 7.43. The topological polar surface area (TPSA) is 79.9 Å². The predicted molar refractivity (Wildman–Crippen MR) is 105 cm³/mol. The Hall–Kier alpha value is -3.40. The number of hydrogen-bond donors (Lipinski definition) is 0. The molecule has 1 saturated heterocycles. The molecule has 142 valence electrons. The van der Waals surface area contributed by atoms with Gasteiger partial charge in [0.1, 0.15) is 17.5 Å². The number of rotatable bonds is 5. The highest BCUT2D eigenvalue weighted by Crippen LogP contribution is 2.33. The van der Waals surface area contributed by atoms with Crippen LogP contribution in [-0.2, 0) is 6.54 Å². The second-order valence-corrected chi connectivity index (χ2v) is 6.82. The van der Waals surface area contributed by atoms with Crippen molar-refractivity contribution >= 4 is 5.69 Å². The number of aromatic nitrogens is 4. The van der Waals surface area contributed by atoms with Gasteiger partial charge >= 0.3 is 0 Å². The number of ether oxygens (including phenoxy) is 1. The van der Waals surface area contributed by atoms with Crippen LogP contribution in [0.4, 0.5) is 5.69 Å². The summed E-state index contributed by atoms with van der Waals surface area (Å²) in [6.45, 7) is 2.46. The fourth-order valence-corrected chi connectivity index (χ4v) is 3.82. The van der Waals surface area contributed by atoms with Gasteiger partial charge in [-0.25, -0.2) is 9.97 Å². The van der Waals surface area contributed by atoms with Crippen LogP contribution in [0.2, 0.25) is 0 Å². The number of nitriles is 1. The third kappa shape index (κ3) is 3.54. The van der Waals surface area contributed by atoms with Crippen LogP contribution in [-0.4, -0.2) is 39.7 Å². The van der Waals surface area contributed by atoms with E-state index in [4.69, 9.17) is 4.74 Å². The van der Waals surface area contributed by atoms with Gasteiger partial charge in [0.2, 0.25) is 5.88 Å². The quantitative estimate of drug-likeness (QED) is 0.683. The highest BCUT2D eigenvalue weighted by Gasteiger charge is 2.26. The predicted octanol–water partition coefficient (Wildman–Crippen LogP) is 2.99. The zero-order valence-corrected chi connectivity index (χ0v) is 15.8. The molecule has 1 aliphatic rings. The third-order valence-electron chi connectivity index (χ3n) is 5.21. The van der Waals surface area contributed by atoms with Crippen molar-refractivity contribution in [3.63, 3.8) is 0 Å². The maximum Gasteiger partial charge on any atom is 0.233 e. The van der Waals surface area contributed by atoms with Crippen molar-refractivity contribution in [2.24, 2.45) is 0 Å². The molecule has 4 rings (SSSR count). The van der Waals surface area contributed by atoms with E-state index in [9.17, 15) is 5.26 Å². The zero-order chi connectivity index (χ0) is 19.3. The Balaban J connectivity index is 1.48. The number of anilines is 1. The van der Waals surface area contributed by atoms with Crippen molar-refractivity contribution in [1.29, 1.82) is 5.26 Å². The molecule has 4 heterocycles. The number of nitrogens with zero attached hydrogens (tertiary/aromatic N) is 6. The van der Waals surface area contributed by atoms with Crippen LogP contribution in [0.3, 0.4) is 0 Å². The fourth-order valence-electron chi connectivity index (χ4n) is 3.82. The Labute approximate surface area is 164 Å². The zero-order valence-electron chi connectivity index (χ0n) is 15.8. The van der Waals surface area contributed by atoms with Gasteiger partial charge < -0.3 is 14.2 Å². The summed E-state index contributed by atoms with van der Waals surface area (Å²) in [6, 6.07) is 10.1. The molecule has 0 aliphatic carbocycles. The van der Waals surface area contributed by atoms with E-state index in [0.29, 0.717) is 17.4 Å². The summed E-state index contributed by atoms with van der Waals surface area (Å²) in [5, 5.41) is 9.52. The van der Waals surface area contributed by atoms with Crippen LogP contribution in [0, 0.1) is 11.3 Å². The fraction of sp³-hybridized carbons (Fsp3) is 0.333. The molecule has 1 fully saturated rings. The molecule has 0 amide bonds. The Morgan fingerprint density at radius 1 is 1.11 bits per heavy atom. The Morgan fingerprint density at radius 2 is 1.96 bits per heavy atom. The van der Waals surface area contributed by atoms with Crippen molar-refractivity contribution in [3.05, 3.63) is 66.1 Å². The van der Waals surface area contributed by atoms with E-state index < -0.39 is 0 Å². The van der Waals surface area contributed by atoms with E-state index in [1.807, 2.05) is 42.9 Å². The van der Waals surface area contributed by atoms with Gasteiger partial charge in [-0.15, -0.1) is 0 Å². The number of imidazole rings is 1. The molecule has 28 heavy (non-hydrogen) atoms. The maximum atomic E-state index is 9.52. The number of pyridine rings is 2. The highest BCUT2D eigenvalue weighted by molar-refractivity contribution is 5.63. The lowest BCUT2D eigenvalue weighted by Crippen LogP contribution is -2.34. The van der Waals surface area contributed by atoms with Gasteiger partial charge in [0, 0.05) is 43.8 Å². The molecule has 0 aromatic carbocycles. The number of hydrogen-bond acceptors (Lipinski definition) is 6. The summed E-state index contributed by atoms with van der Waals surface area (Å²) in [5.41, 5.74) is 2.42. The molecular weight excluding hydrogens is 352 g/mol. The third-order valence-corrected chi connectivity index (χ3v) is 5.21. The van der Waals surface area contributed by atoms with Gasteiger partial charge in [0.25, 0.3) is 0 Å². The molecular formula is C21H22N6O. The molecule has 7 heteroatoms. The van der Waals surface area contributed by atoms with Crippen molar-refractivity contribution in [2.75, 3.05) is 25.1 Å². The first-order valence-corrected chi connectivity index (χ1v) is 9.39. The minimum absolute atomic E-state index is 0.382. The minimum Gasteiger partial charge on any atom is -0.480 e. The molecule has 0 atom stereocenters. The monoisotopic (exact) mass is 374 g/mol. The first-order chi connectivity index (χ1) is 13.8. The van der Waals surface area contributed by atoms with Gasteiger partial charge in [-0.3, -0.25) is 4.98 Å². The molecule has 0 bridgehead atoms. The summed E-state index contributed by atoms with van der Waals surface area (Å²) >= 11 is 0. The van der Waals surface area contributed by atoms with Gasteiger partial charge in [0.15, 0.2) is 0 Å². The van der Waals surface area contributed by atoms with E-state index in [0.717, 1.165) is 49.7 Å². The smallest absolute Gasteiger partial charge is 0.233 e. The van der Waals surface area contributed by atoms with Gasteiger partial charge in [-0.05, 0) is 31.0 Å². The second-order valence-electron chi connectivity index (χ2n) is 6.82. The largest absolute Gasteiger partial charge is 0.480 e. The van der Waals surface area contributed by atoms with Gasteiger partial charge in [-0.1, -0.05) is 6.07 Å². The van der Waals surface area contributed by atoms with Crippen LogP contribution in [0.5, 0.6) is 5.88 Å². The lowest BCUT2D eigenvalue weighted by molar-refractivity contribution is 0.396. The van der Waals surface area contributed by atoms with Crippen molar-refractivity contribution in [1.82, 2.24) is 19.5 Å². The van der Waals surface area contributed by atoms with Crippen molar-refractivity contribution in [2.45, 2.75) is 25.3 Å². The summed E-state index contributed by atoms with van der Waals surface area (Å²) in [7, 11) is 1.54. The average Bonchev–Trinajstić information content (AvgIpc) is 3.22. The molecule has 0 radical (unpaired) electrons. The minimum atomic E-state index is 0.382. The van der Waals surface area contributed by atoms with Crippen LogP contribution < -0.4 is 9.64 Å². The molecule has 3 aromatic rings. The molecule has 0 N–H and O–H groups in total. The van der Waals surface area contributed by atoms with Crippen LogP contribution in [0.1, 0.15) is 35.8 Å². The summed E-state index contributed by atoms with van der Waals surface area (Å²) in [6.07, 6.45) is 9.37. The van der Waals surface area contributed by atoms with E-state index in [1.54, 1.807) is 13.3 Å². The van der Waals surface area contributed by atoms with Crippen LogP contribution >= 0.6 is 0 Å². The lowest BCUT2D eigenvalue weighted by atomic mass is 9.95. The Bertz CT molecular complexity index is 970. The molecule has 3 aromatic heterocycles. The van der Waals surface area contributed by atoms with Crippen molar-refractivity contribution < 1.29 is 4.74 Å². The van der Waals surface area contributed by atoms with Crippen LogP contribution in [0.15, 0.2) is 49.1 Å². The van der Waals surface area contributed by atoms with E-state index in [2.05, 4.69) is 30.5 Å². The second kappa shape index (κ2) is 8.09. The standard InChI is InChI=1S/C21H22N6O/c1-28-21-18(14-22)19(5-9-25-21)26-11-6-16(7-12-26)20-24-10-13-27(20)15-17-4-2-3-8-23-17/h2-5,8-10,13,16H,6-7,11-12,15H2,1H3. The Kier molecular flexibility index (Phi) is 5.20.